The maximum absolute atomic E-state index is 13.9. The highest BCUT2D eigenvalue weighted by Gasteiger charge is 2.31. The Hall–Kier alpha value is -5.36. The Bertz CT molecular complexity index is 1980. The molecular formula is C34H32N2O9S. The number of aromatic nitrogens is 1. The molecule has 0 radical (unpaired) electrons. The van der Waals surface area contributed by atoms with Gasteiger partial charge in [0.1, 0.15) is 6.61 Å². The highest BCUT2D eigenvalue weighted by molar-refractivity contribution is 7.07. The van der Waals surface area contributed by atoms with E-state index in [9.17, 15) is 14.4 Å². The van der Waals surface area contributed by atoms with Gasteiger partial charge in [0, 0.05) is 6.20 Å². The Morgan fingerprint density at radius 2 is 1.61 bits per heavy atom. The van der Waals surface area contributed by atoms with Gasteiger partial charge in [0.05, 0.1) is 49.1 Å². The van der Waals surface area contributed by atoms with Gasteiger partial charge in [0.25, 0.3) is 5.56 Å². The maximum Gasteiger partial charge on any atom is 0.337 e. The predicted molar refractivity (Wildman–Crippen MR) is 171 cm³/mol. The number of thiazole rings is 1. The largest absolute Gasteiger partial charge is 0.493 e. The van der Waals surface area contributed by atoms with Crippen LogP contribution < -0.4 is 33.8 Å². The van der Waals surface area contributed by atoms with Crippen molar-refractivity contribution < 1.29 is 38.4 Å². The van der Waals surface area contributed by atoms with Gasteiger partial charge >= 0.3 is 11.9 Å². The number of esters is 1. The molecule has 0 bridgehead atoms. The van der Waals surface area contributed by atoms with Gasteiger partial charge in [-0.15, -0.1) is 0 Å². The van der Waals surface area contributed by atoms with E-state index in [0.717, 1.165) is 5.56 Å². The van der Waals surface area contributed by atoms with Crippen molar-refractivity contribution in [3.8, 4) is 23.0 Å². The molecule has 1 atom stereocenters. The summed E-state index contributed by atoms with van der Waals surface area (Å²) in [6.07, 6.45) is 3.16. The number of carbonyl (C=O) groups is 2. The molecule has 11 nitrogen and oxygen atoms in total. The lowest BCUT2D eigenvalue weighted by Gasteiger charge is -2.23. The van der Waals surface area contributed by atoms with E-state index in [1.807, 2.05) is 13.8 Å². The van der Waals surface area contributed by atoms with Gasteiger partial charge in [0.15, 0.2) is 27.8 Å². The van der Waals surface area contributed by atoms with E-state index in [1.165, 1.54) is 48.5 Å². The van der Waals surface area contributed by atoms with Crippen LogP contribution in [0, 0.1) is 0 Å². The Kier molecular flexibility index (Phi) is 9.87. The summed E-state index contributed by atoms with van der Waals surface area (Å²) < 4.78 is 29.9. The van der Waals surface area contributed by atoms with Crippen molar-refractivity contribution in [1.29, 1.82) is 0 Å². The first-order valence-electron chi connectivity index (χ1n) is 14.4. The average molecular weight is 645 g/mol. The molecule has 2 heterocycles. The lowest BCUT2D eigenvalue weighted by Crippen LogP contribution is -2.39. The minimum absolute atomic E-state index is 0.193. The molecule has 0 spiro atoms. The number of benzene rings is 3. The summed E-state index contributed by atoms with van der Waals surface area (Å²) in [5, 5.41) is 9.11. The number of rotatable bonds is 12. The third-order valence-electron chi connectivity index (χ3n) is 7.09. The summed E-state index contributed by atoms with van der Waals surface area (Å²) >= 11 is 1.19. The van der Waals surface area contributed by atoms with Crippen LogP contribution in [0.5, 0.6) is 23.0 Å². The third-order valence-corrected chi connectivity index (χ3v) is 8.09. The zero-order valence-electron chi connectivity index (χ0n) is 25.6. The first kappa shape index (κ1) is 32.0. The van der Waals surface area contributed by atoms with Gasteiger partial charge in [-0.25, -0.2) is 14.6 Å². The summed E-state index contributed by atoms with van der Waals surface area (Å²) in [5.41, 5.74) is 2.17. The van der Waals surface area contributed by atoms with E-state index in [2.05, 4.69) is 4.99 Å². The van der Waals surface area contributed by atoms with Crippen LogP contribution in [-0.4, -0.2) is 49.0 Å². The molecule has 4 aromatic rings. The summed E-state index contributed by atoms with van der Waals surface area (Å²) in [6.45, 7) is 4.79. The van der Waals surface area contributed by atoms with E-state index in [-0.39, 0.29) is 23.3 Å². The van der Waals surface area contributed by atoms with Crippen LogP contribution >= 0.6 is 11.3 Å². The standard InChI is InChI=1S/C34H32N2O9S/c1-5-43-26-14-12-23(17-28(26)44-6-2)30-24(33(40)42-4)18-35-34-36(30)31(37)29(46-34)16-21-9-13-25(27(15-21)41-3)45-19-20-7-10-22(11-8-20)32(38)39/h7-18,30H,5-6,19H2,1-4H3,(H,38,39)/b29-16-/t30-/m1/s1. The van der Waals surface area contributed by atoms with Gasteiger partial charge in [0.2, 0.25) is 0 Å². The first-order chi connectivity index (χ1) is 22.3. The number of methoxy groups -OCH3 is 2. The van der Waals surface area contributed by atoms with Gasteiger partial charge < -0.3 is 28.8 Å². The predicted octanol–water partition coefficient (Wildman–Crippen LogP) is 4.10. The van der Waals surface area contributed by atoms with Crippen LogP contribution in [0.3, 0.4) is 0 Å². The number of carboxylic acids is 1. The molecule has 5 rings (SSSR count). The van der Waals surface area contributed by atoms with Crippen LogP contribution in [0.4, 0.5) is 0 Å². The lowest BCUT2D eigenvalue weighted by atomic mass is 9.97. The van der Waals surface area contributed by atoms with E-state index in [0.29, 0.717) is 56.7 Å². The molecule has 12 heteroatoms. The van der Waals surface area contributed by atoms with Crippen molar-refractivity contribution in [1.82, 2.24) is 4.57 Å². The molecule has 0 amide bonds. The quantitative estimate of drug-likeness (QED) is 0.226. The van der Waals surface area contributed by atoms with E-state index in [4.69, 9.17) is 28.8 Å². The van der Waals surface area contributed by atoms with Crippen LogP contribution in [0.25, 0.3) is 6.08 Å². The fourth-order valence-corrected chi connectivity index (χ4v) is 5.91. The Balaban J connectivity index is 1.50. The Labute approximate surface area is 268 Å². The number of hydrogen-bond acceptors (Lipinski definition) is 10. The fourth-order valence-electron chi connectivity index (χ4n) is 4.94. The van der Waals surface area contributed by atoms with Crippen molar-refractivity contribution in [2.24, 2.45) is 4.99 Å². The number of nitrogens with zero attached hydrogens (tertiary/aromatic N) is 2. The summed E-state index contributed by atoms with van der Waals surface area (Å²) in [5.74, 6) is 0.383. The number of fused-ring (bicyclic) bond motifs is 1. The number of carboxylic acid groups (broad SMARTS) is 1. The van der Waals surface area contributed by atoms with Crippen LogP contribution in [0.2, 0.25) is 0 Å². The second-order valence-electron chi connectivity index (χ2n) is 9.95. The van der Waals surface area contributed by atoms with Crippen LogP contribution in [0.1, 0.15) is 46.9 Å². The van der Waals surface area contributed by atoms with Crippen LogP contribution in [-0.2, 0) is 16.1 Å². The molecule has 46 heavy (non-hydrogen) atoms. The van der Waals surface area contributed by atoms with Gasteiger partial charge in [-0.2, -0.15) is 0 Å². The molecule has 3 aromatic carbocycles. The molecule has 0 saturated carbocycles. The SMILES string of the molecule is CCOc1ccc([C@@H]2C(C(=O)OC)=CN=c3s/c(=C\c4ccc(OCc5ccc(C(=O)O)cc5)c(OC)c4)c(=O)n32)cc1OCC. The molecule has 1 N–H and O–H groups in total. The average Bonchev–Trinajstić information content (AvgIpc) is 3.38. The number of hydrogen-bond donors (Lipinski definition) is 1. The number of aromatic carboxylic acids is 1. The highest BCUT2D eigenvalue weighted by Crippen LogP contribution is 2.35. The molecule has 0 saturated heterocycles. The molecule has 1 aromatic heterocycles. The molecule has 0 fully saturated rings. The summed E-state index contributed by atoms with van der Waals surface area (Å²) in [4.78, 5) is 42.8. The van der Waals surface area contributed by atoms with E-state index < -0.39 is 18.0 Å². The van der Waals surface area contributed by atoms with Crippen molar-refractivity contribution in [2.45, 2.75) is 26.5 Å². The van der Waals surface area contributed by atoms with Crippen molar-refractivity contribution in [3.63, 3.8) is 0 Å². The second-order valence-corrected chi connectivity index (χ2v) is 11.0. The smallest absolute Gasteiger partial charge is 0.337 e. The molecule has 0 unspecified atom stereocenters. The van der Waals surface area contributed by atoms with Gasteiger partial charge in [-0.05, 0) is 73.0 Å². The second kappa shape index (κ2) is 14.2. The molecule has 1 aliphatic rings. The first-order valence-corrected chi connectivity index (χ1v) is 15.2. The topological polar surface area (TPSA) is 135 Å². The Morgan fingerprint density at radius 3 is 2.28 bits per heavy atom. The van der Waals surface area contributed by atoms with Crippen molar-refractivity contribution >= 4 is 29.4 Å². The van der Waals surface area contributed by atoms with E-state index in [1.54, 1.807) is 54.6 Å². The minimum atomic E-state index is -0.997. The lowest BCUT2D eigenvalue weighted by molar-refractivity contribution is -0.136. The monoisotopic (exact) mass is 644 g/mol. The number of carbonyl (C=O) groups excluding carboxylic acids is 1. The van der Waals surface area contributed by atoms with Crippen LogP contribution in [0.15, 0.2) is 82.2 Å². The number of ether oxygens (including phenoxy) is 5. The minimum Gasteiger partial charge on any atom is -0.493 e. The van der Waals surface area contributed by atoms with Crippen molar-refractivity contribution in [3.05, 3.63) is 114 Å². The highest BCUT2D eigenvalue weighted by atomic mass is 32.1. The normalized spacial score (nSPS) is 14.0. The van der Waals surface area contributed by atoms with Crippen molar-refractivity contribution in [2.75, 3.05) is 27.4 Å². The summed E-state index contributed by atoms with van der Waals surface area (Å²) in [6, 6.07) is 16.2. The molecule has 238 valence electrons. The fraction of sp³-hybridized carbons (Fsp3) is 0.235. The summed E-state index contributed by atoms with van der Waals surface area (Å²) in [7, 11) is 2.80. The van der Waals surface area contributed by atoms with Gasteiger partial charge in [-0.3, -0.25) is 9.36 Å². The van der Waals surface area contributed by atoms with Gasteiger partial charge in [-0.1, -0.05) is 35.6 Å². The maximum atomic E-state index is 13.9. The molecule has 1 aliphatic heterocycles. The van der Waals surface area contributed by atoms with E-state index >= 15 is 0 Å². The molecule has 0 aliphatic carbocycles. The Morgan fingerprint density at radius 1 is 0.913 bits per heavy atom. The zero-order chi connectivity index (χ0) is 32.8. The third kappa shape index (κ3) is 6.66. The molecular weight excluding hydrogens is 612 g/mol. The zero-order valence-corrected chi connectivity index (χ0v) is 26.5.